The van der Waals surface area contributed by atoms with Crippen LogP contribution >= 0.6 is 15.9 Å². The molecule has 0 heterocycles. The Hall–Kier alpha value is -3.62. The fourth-order valence-corrected chi connectivity index (χ4v) is 5.45. The predicted octanol–water partition coefficient (Wildman–Crippen LogP) is 6.41. The summed E-state index contributed by atoms with van der Waals surface area (Å²) < 4.78 is 35.2. The first-order valence-corrected chi connectivity index (χ1v) is 13.4. The molecule has 0 aromatic heterocycles. The smallest absolute Gasteiger partial charge is 0.264 e. The molecule has 6 nitrogen and oxygen atoms in total. The van der Waals surface area contributed by atoms with E-state index in [1.807, 2.05) is 49.4 Å². The van der Waals surface area contributed by atoms with Crippen molar-refractivity contribution in [1.82, 2.24) is 0 Å². The van der Waals surface area contributed by atoms with Gasteiger partial charge in [-0.3, -0.25) is 9.10 Å². The minimum Gasteiger partial charge on any atom is -0.497 e. The Balaban J connectivity index is 1.77. The molecule has 0 atom stereocenters. The van der Waals surface area contributed by atoms with Crippen molar-refractivity contribution >= 4 is 43.2 Å². The molecule has 0 aliphatic rings. The van der Waals surface area contributed by atoms with Gasteiger partial charge in [-0.25, -0.2) is 8.42 Å². The van der Waals surface area contributed by atoms with E-state index in [-0.39, 0.29) is 22.7 Å². The molecule has 0 aliphatic heterocycles. The Morgan fingerprint density at radius 1 is 0.917 bits per heavy atom. The summed E-state index contributed by atoms with van der Waals surface area (Å²) in [6.45, 7) is 1.98. The fraction of sp³-hybridized carbons (Fsp3) is 0.107. The summed E-state index contributed by atoms with van der Waals surface area (Å²) in [5.41, 5.74) is 2.89. The van der Waals surface area contributed by atoms with Crippen LogP contribution in [0.5, 0.6) is 5.75 Å². The number of ether oxygens (including phenoxy) is 1. The summed E-state index contributed by atoms with van der Waals surface area (Å²) in [4.78, 5) is 13.5. The zero-order valence-electron chi connectivity index (χ0n) is 19.8. The minimum atomic E-state index is -4.03. The van der Waals surface area contributed by atoms with Crippen molar-refractivity contribution in [3.8, 4) is 5.75 Å². The molecule has 0 radical (unpaired) electrons. The standard InChI is InChI=1S/C28H25BrN2O4S/c1-20-18-22(12-17-26(20)29)30-28(32)25-10-6-7-11-27(25)31(19-21-8-4-3-5-9-21)36(33,34)24-15-13-23(35-2)14-16-24/h3-18H,19H2,1-2H3,(H,30,32). The number of nitrogens with zero attached hydrogens (tertiary/aromatic N) is 1. The first-order valence-electron chi connectivity index (χ1n) is 11.2. The maximum atomic E-state index is 13.9. The molecule has 8 heteroatoms. The monoisotopic (exact) mass is 564 g/mol. The van der Waals surface area contributed by atoms with Gasteiger partial charge in [0, 0.05) is 10.2 Å². The summed E-state index contributed by atoms with van der Waals surface area (Å²) >= 11 is 3.46. The van der Waals surface area contributed by atoms with Crippen LogP contribution in [0.3, 0.4) is 0 Å². The highest BCUT2D eigenvalue weighted by Gasteiger charge is 2.28. The van der Waals surface area contributed by atoms with Gasteiger partial charge >= 0.3 is 0 Å². The van der Waals surface area contributed by atoms with E-state index in [1.54, 1.807) is 42.5 Å². The van der Waals surface area contributed by atoms with E-state index in [0.717, 1.165) is 15.6 Å². The summed E-state index contributed by atoms with van der Waals surface area (Å²) in [5.74, 6) is 0.142. The zero-order chi connectivity index (χ0) is 25.7. The molecule has 1 amide bonds. The average molecular weight is 565 g/mol. The van der Waals surface area contributed by atoms with Crippen LogP contribution in [0.1, 0.15) is 21.5 Å². The number of sulfonamides is 1. The van der Waals surface area contributed by atoms with E-state index < -0.39 is 15.9 Å². The Bertz CT molecular complexity index is 1470. The Kier molecular flexibility index (Phi) is 7.76. The molecule has 4 aromatic rings. The molecule has 0 aliphatic carbocycles. The van der Waals surface area contributed by atoms with Crippen LogP contribution in [0.25, 0.3) is 0 Å². The van der Waals surface area contributed by atoms with Crippen LogP contribution in [0, 0.1) is 6.92 Å². The van der Waals surface area contributed by atoms with Crippen LogP contribution in [-0.2, 0) is 16.6 Å². The largest absolute Gasteiger partial charge is 0.497 e. The molecular weight excluding hydrogens is 540 g/mol. The van der Waals surface area contributed by atoms with E-state index in [2.05, 4.69) is 21.2 Å². The first-order chi connectivity index (χ1) is 17.3. The van der Waals surface area contributed by atoms with Crippen LogP contribution in [0.15, 0.2) is 106 Å². The normalized spacial score (nSPS) is 11.1. The van der Waals surface area contributed by atoms with Crippen molar-refractivity contribution in [2.45, 2.75) is 18.4 Å². The molecular formula is C28H25BrN2O4S. The van der Waals surface area contributed by atoms with Gasteiger partial charge in [-0.2, -0.15) is 0 Å². The topological polar surface area (TPSA) is 75.7 Å². The lowest BCUT2D eigenvalue weighted by Gasteiger charge is -2.27. The zero-order valence-corrected chi connectivity index (χ0v) is 22.2. The minimum absolute atomic E-state index is 0.0525. The number of methoxy groups -OCH3 is 1. The average Bonchev–Trinajstić information content (AvgIpc) is 2.90. The van der Waals surface area contributed by atoms with Gasteiger partial charge < -0.3 is 10.1 Å². The van der Waals surface area contributed by atoms with Crippen LogP contribution in [0.2, 0.25) is 0 Å². The number of para-hydroxylation sites is 1. The van der Waals surface area contributed by atoms with Gasteiger partial charge in [0.15, 0.2) is 0 Å². The number of hydrogen-bond acceptors (Lipinski definition) is 4. The highest BCUT2D eigenvalue weighted by atomic mass is 79.9. The highest BCUT2D eigenvalue weighted by Crippen LogP contribution is 2.31. The maximum absolute atomic E-state index is 13.9. The summed E-state index contributed by atoms with van der Waals surface area (Å²) in [6, 6.07) is 27.7. The van der Waals surface area contributed by atoms with Gasteiger partial charge in [0.2, 0.25) is 0 Å². The van der Waals surface area contributed by atoms with Crippen molar-refractivity contribution in [3.05, 3.63) is 118 Å². The molecule has 4 rings (SSSR count). The van der Waals surface area contributed by atoms with E-state index in [0.29, 0.717) is 11.4 Å². The second-order valence-electron chi connectivity index (χ2n) is 8.11. The van der Waals surface area contributed by atoms with Crippen molar-refractivity contribution in [3.63, 3.8) is 0 Å². The molecule has 0 spiro atoms. The van der Waals surface area contributed by atoms with Gasteiger partial charge in [0.05, 0.1) is 29.8 Å². The molecule has 0 saturated carbocycles. The number of hydrogen-bond donors (Lipinski definition) is 1. The molecule has 36 heavy (non-hydrogen) atoms. The third-order valence-corrected chi connectivity index (χ3v) is 8.31. The lowest BCUT2D eigenvalue weighted by Crippen LogP contribution is -2.32. The Morgan fingerprint density at radius 2 is 1.58 bits per heavy atom. The molecule has 0 bridgehead atoms. The second kappa shape index (κ2) is 11.0. The quantitative estimate of drug-likeness (QED) is 0.268. The van der Waals surface area contributed by atoms with E-state index in [1.165, 1.54) is 23.5 Å². The molecule has 0 saturated heterocycles. The number of nitrogens with one attached hydrogen (secondary N) is 1. The number of carbonyl (C=O) groups is 1. The van der Waals surface area contributed by atoms with Gasteiger partial charge in [-0.1, -0.05) is 58.4 Å². The van der Waals surface area contributed by atoms with Crippen molar-refractivity contribution in [2.24, 2.45) is 0 Å². The second-order valence-corrected chi connectivity index (χ2v) is 10.8. The third kappa shape index (κ3) is 5.61. The van der Waals surface area contributed by atoms with E-state index in [9.17, 15) is 13.2 Å². The molecule has 0 fully saturated rings. The molecule has 1 N–H and O–H groups in total. The van der Waals surface area contributed by atoms with Crippen molar-refractivity contribution in [2.75, 3.05) is 16.7 Å². The number of anilines is 2. The Labute approximate surface area is 219 Å². The van der Waals surface area contributed by atoms with Gasteiger partial charge in [-0.15, -0.1) is 0 Å². The highest BCUT2D eigenvalue weighted by molar-refractivity contribution is 9.10. The number of rotatable bonds is 8. The summed E-state index contributed by atoms with van der Waals surface area (Å²) in [5, 5.41) is 2.89. The van der Waals surface area contributed by atoms with Crippen LogP contribution in [-0.4, -0.2) is 21.4 Å². The molecule has 0 unspecified atom stereocenters. The van der Waals surface area contributed by atoms with E-state index in [4.69, 9.17) is 4.74 Å². The van der Waals surface area contributed by atoms with Gasteiger partial charge in [0.25, 0.3) is 15.9 Å². The lowest BCUT2D eigenvalue weighted by atomic mass is 10.1. The van der Waals surface area contributed by atoms with Gasteiger partial charge in [-0.05, 0) is 72.6 Å². The number of halogens is 1. The van der Waals surface area contributed by atoms with Crippen molar-refractivity contribution in [1.29, 1.82) is 0 Å². The predicted molar refractivity (Wildman–Crippen MR) is 146 cm³/mol. The number of amides is 1. The Morgan fingerprint density at radius 3 is 2.25 bits per heavy atom. The maximum Gasteiger partial charge on any atom is 0.264 e. The van der Waals surface area contributed by atoms with Crippen LogP contribution < -0.4 is 14.4 Å². The lowest BCUT2D eigenvalue weighted by molar-refractivity contribution is 0.102. The summed E-state index contributed by atoms with van der Waals surface area (Å²) in [7, 11) is -2.51. The van der Waals surface area contributed by atoms with Gasteiger partial charge in [0.1, 0.15) is 5.75 Å². The van der Waals surface area contributed by atoms with Crippen molar-refractivity contribution < 1.29 is 17.9 Å². The fourth-order valence-electron chi connectivity index (χ4n) is 3.73. The first kappa shape index (κ1) is 25.5. The third-order valence-electron chi connectivity index (χ3n) is 5.65. The molecule has 184 valence electrons. The van der Waals surface area contributed by atoms with Crippen LogP contribution in [0.4, 0.5) is 11.4 Å². The SMILES string of the molecule is COc1ccc(S(=O)(=O)N(Cc2ccccc2)c2ccccc2C(=O)Nc2ccc(Br)c(C)c2)cc1. The number of aryl methyl sites for hydroxylation is 1. The summed E-state index contributed by atoms with van der Waals surface area (Å²) in [6.07, 6.45) is 0. The number of carbonyl (C=O) groups excluding carboxylic acids is 1. The molecule has 4 aromatic carbocycles. The van der Waals surface area contributed by atoms with E-state index >= 15 is 0 Å². The number of benzene rings is 4.